The summed E-state index contributed by atoms with van der Waals surface area (Å²) in [6.07, 6.45) is -0.165. The first-order chi connectivity index (χ1) is 18.5. The fourth-order valence-corrected chi connectivity index (χ4v) is 3.48. The van der Waals surface area contributed by atoms with Crippen LogP contribution in [0.3, 0.4) is 0 Å². The van der Waals surface area contributed by atoms with Crippen LogP contribution in [0.1, 0.15) is 53.6 Å². The van der Waals surface area contributed by atoms with Gasteiger partial charge in [0, 0.05) is 19.2 Å². The van der Waals surface area contributed by atoms with Gasteiger partial charge < -0.3 is 30.9 Å². The zero-order valence-corrected chi connectivity index (χ0v) is 22.2. The van der Waals surface area contributed by atoms with Crippen molar-refractivity contribution in [2.24, 2.45) is 0 Å². The number of nitrogens with one attached hydrogen (secondary N) is 4. The van der Waals surface area contributed by atoms with Crippen molar-refractivity contribution in [3.05, 3.63) is 65.1 Å². The van der Waals surface area contributed by atoms with Crippen molar-refractivity contribution in [1.29, 1.82) is 5.26 Å². The number of benzene rings is 1. The third-order valence-electron chi connectivity index (χ3n) is 5.75. The van der Waals surface area contributed by atoms with Crippen molar-refractivity contribution >= 4 is 23.6 Å². The van der Waals surface area contributed by atoms with Crippen LogP contribution in [-0.4, -0.2) is 58.6 Å². The molecule has 1 aromatic heterocycles. The topological polar surface area (TPSA) is 186 Å². The number of unbranched alkanes of at least 4 members (excludes halogenated alkanes) is 1. The third-order valence-corrected chi connectivity index (χ3v) is 5.75. The molecular formula is C27H34N6O6. The quantitative estimate of drug-likeness (QED) is 0.133. The lowest BCUT2D eigenvalue weighted by molar-refractivity contribution is -0.131. The van der Waals surface area contributed by atoms with Crippen LogP contribution in [0.5, 0.6) is 0 Å². The van der Waals surface area contributed by atoms with E-state index in [1.165, 1.54) is 13.0 Å². The standard InChI is InChI=1S/C27H34N6O6/c1-16-8-10-20(11-9-16)15-30-25(36)21(7-5-6-12-29-24(35)17(2)14-28)31-27(38)23(19(4)34)32-26(37)22-13-18(3)39-33-22/h8-11,13,19,21,23,34H,2,5-7,12,15H2,1,3-4H3,(H,29,35)(H,30,36)(H,31,38)(H,32,37)/t19-,21+,23+/m1/s1. The Labute approximate surface area is 226 Å². The maximum Gasteiger partial charge on any atom is 0.274 e. The molecule has 2 aromatic rings. The van der Waals surface area contributed by atoms with E-state index in [1.54, 1.807) is 13.0 Å². The molecule has 0 fully saturated rings. The van der Waals surface area contributed by atoms with Crippen molar-refractivity contribution in [3.63, 3.8) is 0 Å². The van der Waals surface area contributed by atoms with Gasteiger partial charge in [-0.3, -0.25) is 19.2 Å². The molecule has 39 heavy (non-hydrogen) atoms. The van der Waals surface area contributed by atoms with Crippen molar-refractivity contribution < 1.29 is 28.8 Å². The number of carbonyl (C=O) groups excluding carboxylic acids is 4. The van der Waals surface area contributed by atoms with Crippen LogP contribution in [0.2, 0.25) is 0 Å². The predicted molar refractivity (Wildman–Crippen MR) is 141 cm³/mol. The third kappa shape index (κ3) is 10.1. The first-order valence-electron chi connectivity index (χ1n) is 12.4. The number of hydrogen-bond donors (Lipinski definition) is 5. The molecule has 208 valence electrons. The fourth-order valence-electron chi connectivity index (χ4n) is 3.48. The molecule has 0 unspecified atom stereocenters. The number of amides is 4. The van der Waals surface area contributed by atoms with Gasteiger partial charge in [0.15, 0.2) is 5.69 Å². The lowest BCUT2D eigenvalue weighted by Crippen LogP contribution is -2.57. The van der Waals surface area contributed by atoms with Crippen molar-refractivity contribution in [2.45, 2.75) is 64.8 Å². The molecule has 0 bridgehead atoms. The Bertz CT molecular complexity index is 1210. The smallest absolute Gasteiger partial charge is 0.274 e. The van der Waals surface area contributed by atoms with Crippen LogP contribution in [0, 0.1) is 25.2 Å². The molecule has 1 aromatic carbocycles. The Morgan fingerprint density at radius 3 is 2.36 bits per heavy atom. The van der Waals surface area contributed by atoms with Gasteiger partial charge in [0.05, 0.1) is 6.10 Å². The zero-order valence-electron chi connectivity index (χ0n) is 22.2. The Kier molecular flexibility index (Phi) is 11.8. The first kappa shape index (κ1) is 30.7. The van der Waals surface area contributed by atoms with Crippen LogP contribution >= 0.6 is 0 Å². The molecule has 2 rings (SSSR count). The average Bonchev–Trinajstić information content (AvgIpc) is 3.35. The van der Waals surface area contributed by atoms with Crippen LogP contribution in [0.4, 0.5) is 0 Å². The molecule has 0 aliphatic carbocycles. The Hall–Kier alpha value is -4.50. The molecule has 0 radical (unpaired) electrons. The van der Waals surface area contributed by atoms with Crippen LogP contribution in [-0.2, 0) is 20.9 Å². The number of aliphatic hydroxyl groups is 1. The largest absolute Gasteiger partial charge is 0.391 e. The van der Waals surface area contributed by atoms with E-state index in [0.717, 1.165) is 11.1 Å². The summed E-state index contributed by atoms with van der Waals surface area (Å²) in [7, 11) is 0. The second-order valence-electron chi connectivity index (χ2n) is 9.12. The summed E-state index contributed by atoms with van der Waals surface area (Å²) in [4.78, 5) is 50.3. The highest BCUT2D eigenvalue weighted by molar-refractivity contribution is 5.97. The summed E-state index contributed by atoms with van der Waals surface area (Å²) < 4.78 is 4.88. The van der Waals surface area contributed by atoms with Crippen LogP contribution < -0.4 is 21.3 Å². The highest BCUT2D eigenvalue weighted by Gasteiger charge is 2.30. The number of aromatic nitrogens is 1. The number of carbonyl (C=O) groups is 4. The highest BCUT2D eigenvalue weighted by atomic mass is 16.5. The van der Waals surface area contributed by atoms with Gasteiger partial charge in [-0.15, -0.1) is 0 Å². The fraction of sp³-hybridized carbons (Fsp3) is 0.407. The van der Waals surface area contributed by atoms with Crippen molar-refractivity contribution in [3.8, 4) is 6.07 Å². The summed E-state index contributed by atoms with van der Waals surface area (Å²) in [6, 6.07) is 8.31. The lowest BCUT2D eigenvalue weighted by atomic mass is 10.1. The van der Waals surface area contributed by atoms with Crippen LogP contribution in [0.15, 0.2) is 47.0 Å². The predicted octanol–water partition coefficient (Wildman–Crippen LogP) is 0.938. The molecule has 3 atom stereocenters. The number of nitrogens with zero attached hydrogens (tertiary/aromatic N) is 2. The minimum Gasteiger partial charge on any atom is -0.391 e. The molecule has 12 nitrogen and oxygen atoms in total. The molecule has 12 heteroatoms. The summed E-state index contributed by atoms with van der Waals surface area (Å²) >= 11 is 0. The van der Waals surface area contributed by atoms with Gasteiger partial charge in [0.1, 0.15) is 29.5 Å². The number of aryl methyl sites for hydroxylation is 2. The second kappa shape index (κ2) is 15.0. The lowest BCUT2D eigenvalue weighted by Gasteiger charge is -2.24. The van der Waals surface area contributed by atoms with Crippen LogP contribution in [0.25, 0.3) is 0 Å². The monoisotopic (exact) mass is 538 g/mol. The minimum absolute atomic E-state index is 0.0560. The molecule has 0 saturated carbocycles. The van der Waals surface area contributed by atoms with E-state index in [-0.39, 0.29) is 30.8 Å². The molecule has 4 amide bonds. The number of nitriles is 1. The molecule has 1 heterocycles. The Balaban J connectivity index is 2.05. The number of hydrogen-bond acceptors (Lipinski definition) is 8. The Morgan fingerprint density at radius 2 is 1.77 bits per heavy atom. The van der Waals surface area contributed by atoms with Crippen molar-refractivity contribution in [2.75, 3.05) is 6.54 Å². The molecule has 0 aliphatic heterocycles. The van der Waals surface area contributed by atoms with E-state index >= 15 is 0 Å². The van der Waals surface area contributed by atoms with Gasteiger partial charge in [0.25, 0.3) is 11.8 Å². The summed E-state index contributed by atoms with van der Waals surface area (Å²) in [5.41, 5.74) is 1.69. The highest BCUT2D eigenvalue weighted by Crippen LogP contribution is 2.07. The molecule has 5 N–H and O–H groups in total. The summed E-state index contributed by atoms with van der Waals surface area (Å²) in [5.74, 6) is -2.10. The van der Waals surface area contributed by atoms with Crippen molar-refractivity contribution in [1.82, 2.24) is 26.4 Å². The maximum atomic E-state index is 13.1. The van der Waals surface area contributed by atoms with E-state index < -0.39 is 41.8 Å². The Morgan fingerprint density at radius 1 is 1.08 bits per heavy atom. The summed E-state index contributed by atoms with van der Waals surface area (Å²) in [5, 5.41) is 32.9. The maximum absolute atomic E-state index is 13.1. The minimum atomic E-state index is -1.36. The van der Waals surface area contributed by atoms with Gasteiger partial charge in [-0.05, 0) is 45.6 Å². The molecule has 0 saturated heterocycles. The average molecular weight is 539 g/mol. The van der Waals surface area contributed by atoms with E-state index in [4.69, 9.17) is 9.78 Å². The SMILES string of the molecule is C=C(C#N)C(=O)NCCCC[C@H](NC(=O)[C@@H](NC(=O)c1cc(C)on1)[C@@H](C)O)C(=O)NCc1ccc(C)cc1. The summed E-state index contributed by atoms with van der Waals surface area (Å²) in [6.45, 7) is 8.72. The first-order valence-corrected chi connectivity index (χ1v) is 12.4. The van der Waals surface area contributed by atoms with E-state index in [9.17, 15) is 24.3 Å². The molecule has 0 aliphatic rings. The normalized spacial score (nSPS) is 12.8. The van der Waals surface area contributed by atoms with Gasteiger partial charge >= 0.3 is 0 Å². The van der Waals surface area contributed by atoms with E-state index in [0.29, 0.717) is 18.6 Å². The number of aliphatic hydroxyl groups excluding tert-OH is 1. The van der Waals surface area contributed by atoms with E-state index in [2.05, 4.69) is 33.0 Å². The van der Waals surface area contributed by atoms with Gasteiger partial charge in [-0.1, -0.05) is 41.6 Å². The van der Waals surface area contributed by atoms with Gasteiger partial charge in [0.2, 0.25) is 11.8 Å². The number of rotatable bonds is 14. The van der Waals surface area contributed by atoms with Gasteiger partial charge in [-0.2, -0.15) is 5.26 Å². The molecular weight excluding hydrogens is 504 g/mol. The van der Waals surface area contributed by atoms with E-state index in [1.807, 2.05) is 31.2 Å². The van der Waals surface area contributed by atoms with Gasteiger partial charge in [-0.25, -0.2) is 0 Å². The zero-order chi connectivity index (χ0) is 28.9. The second-order valence-corrected chi connectivity index (χ2v) is 9.12. The molecule has 0 spiro atoms.